The highest BCUT2D eigenvalue weighted by molar-refractivity contribution is 6.35. The maximum absolute atomic E-state index is 10.4. The zero-order chi connectivity index (χ0) is 12.8. The maximum Gasteiger partial charge on any atom is 0.737 e. The van der Waals surface area contributed by atoms with E-state index in [2.05, 4.69) is 28.4 Å². The second-order valence-corrected chi connectivity index (χ2v) is 2.30. The van der Waals surface area contributed by atoms with Crippen LogP contribution in [0.1, 0.15) is 27.2 Å². The first-order chi connectivity index (χ1) is 7.69. The van der Waals surface area contributed by atoms with Crippen molar-refractivity contribution in [2.45, 2.75) is 27.2 Å². The van der Waals surface area contributed by atoms with Crippen molar-refractivity contribution in [3.63, 3.8) is 0 Å². The molecule has 0 aliphatic rings. The van der Waals surface area contributed by atoms with Crippen LogP contribution in [-0.2, 0) is 19.4 Å². The summed E-state index contributed by atoms with van der Waals surface area (Å²) in [6, 6.07) is 0. The lowest BCUT2D eigenvalue weighted by Gasteiger charge is -1.95. The van der Waals surface area contributed by atoms with Crippen LogP contribution in [0.2, 0.25) is 0 Å². The van der Waals surface area contributed by atoms with Gasteiger partial charge in [-0.1, -0.05) is 20.5 Å². The SMILES string of the molecule is CCC=[N+](CC)OCC.FOB(OF)OF. The van der Waals surface area contributed by atoms with E-state index in [9.17, 15) is 13.6 Å². The van der Waals surface area contributed by atoms with Gasteiger partial charge >= 0.3 is 7.32 Å². The normalized spacial score (nSPS) is 10.5. The Bertz CT molecular complexity index is 166. The molecule has 0 aromatic heterocycles. The van der Waals surface area contributed by atoms with Crippen LogP contribution in [0.4, 0.5) is 13.6 Å². The molecule has 0 aliphatic heterocycles. The van der Waals surface area contributed by atoms with Gasteiger partial charge in [-0.15, -0.1) is 0 Å². The minimum Gasteiger partial charge on any atom is -0.278 e. The second-order valence-electron chi connectivity index (χ2n) is 2.30. The summed E-state index contributed by atoms with van der Waals surface area (Å²) in [5.41, 5.74) is 0. The third-order valence-corrected chi connectivity index (χ3v) is 1.21. The van der Waals surface area contributed by atoms with Crippen LogP contribution >= 0.6 is 0 Å². The molecule has 0 bridgehead atoms. The highest BCUT2D eigenvalue weighted by Gasteiger charge is 2.24. The Labute approximate surface area is 92.6 Å². The fourth-order valence-corrected chi connectivity index (χ4v) is 0.684. The van der Waals surface area contributed by atoms with Crippen LogP contribution in [0.15, 0.2) is 0 Å². The highest BCUT2D eigenvalue weighted by atomic mass is 19.3. The molecule has 0 aliphatic carbocycles. The molecule has 16 heavy (non-hydrogen) atoms. The van der Waals surface area contributed by atoms with Crippen LogP contribution in [0.25, 0.3) is 0 Å². The van der Waals surface area contributed by atoms with Crippen molar-refractivity contribution in [1.82, 2.24) is 0 Å². The number of halogens is 3. The van der Waals surface area contributed by atoms with E-state index in [4.69, 9.17) is 4.84 Å². The van der Waals surface area contributed by atoms with Crippen molar-refractivity contribution >= 4 is 13.5 Å². The molecule has 0 amide bonds. The second kappa shape index (κ2) is 14.2. The van der Waals surface area contributed by atoms with Gasteiger partial charge in [0.05, 0.1) is 0 Å². The molecular formula is C7H16BF3NO4+. The standard InChI is InChI=1S/C7H16NO.BF3O3/c1-4-7-8(5-2)9-6-3;2-5-1(6-3)7-4/h7H,4-6H2,1-3H3;/q+1;. The van der Waals surface area contributed by atoms with Crippen molar-refractivity contribution < 1.29 is 37.7 Å². The van der Waals surface area contributed by atoms with Gasteiger partial charge in [-0.3, -0.25) is 4.84 Å². The minimum atomic E-state index is -2.51. The zero-order valence-corrected chi connectivity index (χ0v) is 9.49. The maximum atomic E-state index is 10.4. The lowest BCUT2D eigenvalue weighted by Crippen LogP contribution is -2.15. The predicted octanol–water partition coefficient (Wildman–Crippen LogP) is 2.13. The van der Waals surface area contributed by atoms with E-state index in [1.54, 1.807) is 0 Å². The number of hydrogen-bond donors (Lipinski definition) is 0. The third kappa shape index (κ3) is 11.3. The first kappa shape index (κ1) is 17.6. The molecule has 5 nitrogen and oxygen atoms in total. The average molecular weight is 246 g/mol. The molecule has 0 heterocycles. The molecule has 0 fully saturated rings. The Balaban J connectivity index is 0. The molecule has 0 rings (SSSR count). The van der Waals surface area contributed by atoms with Gasteiger partial charge in [0.2, 0.25) is 0 Å². The first-order valence-corrected chi connectivity index (χ1v) is 4.75. The number of hydrogen-bond acceptors (Lipinski definition) is 4. The molecular weight excluding hydrogens is 230 g/mol. The van der Waals surface area contributed by atoms with Crippen molar-refractivity contribution in [3.8, 4) is 0 Å². The van der Waals surface area contributed by atoms with E-state index in [0.717, 1.165) is 19.6 Å². The summed E-state index contributed by atoms with van der Waals surface area (Å²) in [5.74, 6) is 0. The molecule has 0 aromatic rings. The van der Waals surface area contributed by atoms with Gasteiger partial charge in [0.1, 0.15) is 0 Å². The summed E-state index contributed by atoms with van der Waals surface area (Å²) >= 11 is 0. The van der Waals surface area contributed by atoms with Gasteiger partial charge in [0, 0.05) is 6.42 Å². The predicted molar refractivity (Wildman–Crippen MR) is 51.1 cm³/mol. The van der Waals surface area contributed by atoms with Gasteiger partial charge in [-0.05, 0) is 18.6 Å². The van der Waals surface area contributed by atoms with Crippen LogP contribution in [0, 0.1) is 0 Å². The summed E-state index contributed by atoms with van der Waals surface area (Å²) in [6.07, 6.45) is 3.08. The minimum absolute atomic E-state index is 0.754. The monoisotopic (exact) mass is 246 g/mol. The van der Waals surface area contributed by atoms with Gasteiger partial charge in [-0.2, -0.15) is 14.6 Å². The molecule has 0 N–H and O–H groups in total. The summed E-state index contributed by atoms with van der Waals surface area (Å²) in [5, 5.41) is 0. The summed E-state index contributed by atoms with van der Waals surface area (Å²) in [7, 11) is -2.51. The Morgan fingerprint density at radius 1 is 1.06 bits per heavy atom. The summed E-state index contributed by atoms with van der Waals surface area (Å²) in [4.78, 5) is 12.3. The van der Waals surface area contributed by atoms with Crippen LogP contribution in [0.3, 0.4) is 0 Å². The molecule has 0 unspecified atom stereocenters. The van der Waals surface area contributed by atoms with Gasteiger partial charge in [-0.25, -0.2) is 0 Å². The number of rotatable bonds is 7. The topological polar surface area (TPSA) is 39.9 Å². The van der Waals surface area contributed by atoms with Crippen LogP contribution in [-0.4, -0.2) is 31.4 Å². The van der Waals surface area contributed by atoms with Crippen molar-refractivity contribution in [3.05, 3.63) is 0 Å². The van der Waals surface area contributed by atoms with Crippen LogP contribution < -0.4 is 0 Å². The molecule has 0 atom stereocenters. The van der Waals surface area contributed by atoms with E-state index in [1.165, 1.54) is 0 Å². The molecule has 0 spiro atoms. The van der Waals surface area contributed by atoms with E-state index in [0.29, 0.717) is 0 Å². The molecule has 9 heteroatoms. The molecule has 0 saturated carbocycles. The number of nitrogens with zero attached hydrogens (tertiary/aromatic N) is 1. The highest BCUT2D eigenvalue weighted by Crippen LogP contribution is 1.92. The van der Waals surface area contributed by atoms with Crippen LogP contribution in [0.5, 0.6) is 0 Å². The summed E-state index contributed by atoms with van der Waals surface area (Å²) < 4.78 is 33.1. The Kier molecular flexibility index (Phi) is 15.6. The Morgan fingerprint density at radius 2 is 1.56 bits per heavy atom. The van der Waals surface area contributed by atoms with Gasteiger partial charge in [0.25, 0.3) is 0 Å². The van der Waals surface area contributed by atoms with E-state index in [1.807, 2.05) is 17.9 Å². The molecule has 0 radical (unpaired) electrons. The fourth-order valence-electron chi connectivity index (χ4n) is 0.684. The largest absolute Gasteiger partial charge is 0.737 e. The smallest absolute Gasteiger partial charge is 0.278 e. The fraction of sp³-hybridized carbons (Fsp3) is 0.857. The van der Waals surface area contributed by atoms with E-state index < -0.39 is 7.32 Å². The lowest BCUT2D eigenvalue weighted by atomic mass is 10.3. The quantitative estimate of drug-likeness (QED) is 0.298. The lowest BCUT2D eigenvalue weighted by molar-refractivity contribution is -0.782. The third-order valence-electron chi connectivity index (χ3n) is 1.21. The molecule has 0 aromatic carbocycles. The van der Waals surface area contributed by atoms with Crippen molar-refractivity contribution in [1.29, 1.82) is 0 Å². The van der Waals surface area contributed by atoms with E-state index >= 15 is 0 Å². The number of hydroxylamine groups is 1. The van der Waals surface area contributed by atoms with E-state index in [-0.39, 0.29) is 0 Å². The molecule has 0 saturated heterocycles. The first-order valence-electron chi connectivity index (χ1n) is 4.75. The Hall–Kier alpha value is -0.795. The van der Waals surface area contributed by atoms with Gasteiger partial charge < -0.3 is 0 Å². The van der Waals surface area contributed by atoms with Crippen molar-refractivity contribution in [2.75, 3.05) is 13.2 Å². The zero-order valence-electron chi connectivity index (χ0n) is 9.49. The van der Waals surface area contributed by atoms with Crippen molar-refractivity contribution in [2.24, 2.45) is 0 Å². The molecule has 96 valence electrons. The summed E-state index contributed by atoms with van der Waals surface area (Å²) in [6.45, 7) is 7.85. The Morgan fingerprint density at radius 3 is 1.75 bits per heavy atom. The van der Waals surface area contributed by atoms with Gasteiger partial charge in [0.15, 0.2) is 19.4 Å². The average Bonchev–Trinajstić information content (AvgIpc) is 2.32.